The van der Waals surface area contributed by atoms with Crippen LogP contribution >= 0.6 is 0 Å². The van der Waals surface area contributed by atoms with Crippen LogP contribution in [0.15, 0.2) is 55.1 Å². The monoisotopic (exact) mass is 531 g/mol. The number of piperazine rings is 1. The van der Waals surface area contributed by atoms with E-state index in [0.29, 0.717) is 35.0 Å². The zero-order chi connectivity index (χ0) is 27.9. The number of nitrogens with zero attached hydrogens (tertiary/aromatic N) is 4. The van der Waals surface area contributed by atoms with Gasteiger partial charge in [0.2, 0.25) is 11.8 Å². The molecule has 11 nitrogen and oxygen atoms in total. The van der Waals surface area contributed by atoms with E-state index < -0.39 is 5.91 Å². The molecule has 0 saturated carbocycles. The number of methoxy groups -OCH3 is 1. The van der Waals surface area contributed by atoms with Gasteiger partial charge >= 0.3 is 0 Å². The number of amides is 2. The minimum absolute atomic E-state index is 0.00620. The predicted octanol–water partition coefficient (Wildman–Crippen LogP) is 3.56. The van der Waals surface area contributed by atoms with E-state index in [0.717, 1.165) is 31.9 Å². The Morgan fingerprint density at radius 1 is 1.10 bits per heavy atom. The maximum absolute atomic E-state index is 12.3. The molecule has 2 aromatic carbocycles. The van der Waals surface area contributed by atoms with Crippen LogP contribution < -0.4 is 30.7 Å². The van der Waals surface area contributed by atoms with Crippen molar-refractivity contribution in [2.75, 3.05) is 55.9 Å². The third-order valence-corrected chi connectivity index (χ3v) is 6.29. The normalized spacial score (nSPS) is 13.5. The Morgan fingerprint density at radius 3 is 2.54 bits per heavy atom. The first-order valence-electron chi connectivity index (χ1n) is 12.6. The highest BCUT2D eigenvalue weighted by Gasteiger charge is 2.21. The van der Waals surface area contributed by atoms with Gasteiger partial charge in [0.1, 0.15) is 17.2 Å². The fourth-order valence-corrected chi connectivity index (χ4v) is 4.17. The Morgan fingerprint density at radius 2 is 1.87 bits per heavy atom. The summed E-state index contributed by atoms with van der Waals surface area (Å²) in [4.78, 5) is 37.6. The fraction of sp³-hybridized carbons (Fsp3) is 0.286. The maximum atomic E-state index is 12.3. The molecule has 1 fully saturated rings. The lowest BCUT2D eigenvalue weighted by Gasteiger charge is -2.34. The number of nitrogens with one attached hydrogen (secondary N) is 2. The first-order chi connectivity index (χ1) is 18.8. The van der Waals surface area contributed by atoms with Gasteiger partial charge in [-0.3, -0.25) is 9.59 Å². The van der Waals surface area contributed by atoms with E-state index in [2.05, 4.69) is 44.0 Å². The predicted molar refractivity (Wildman–Crippen MR) is 151 cm³/mol. The SMILES string of the molecule is C=CC(=O)Nc1cccc(Oc2nc(Nc3ccc(N4CCN(C)CC4)c(OC)c3)c(C(N)=O)nc2CC)c1. The molecule has 0 atom stereocenters. The number of rotatable bonds is 10. The molecular weight excluding hydrogens is 498 g/mol. The topological polar surface area (TPSA) is 135 Å². The molecule has 2 amide bonds. The molecule has 204 valence electrons. The van der Waals surface area contributed by atoms with Gasteiger partial charge < -0.3 is 35.6 Å². The molecule has 11 heteroatoms. The van der Waals surface area contributed by atoms with Crippen molar-refractivity contribution in [2.24, 2.45) is 5.73 Å². The highest BCUT2D eigenvalue weighted by Crippen LogP contribution is 2.34. The van der Waals surface area contributed by atoms with Crippen molar-refractivity contribution in [3.05, 3.63) is 66.5 Å². The summed E-state index contributed by atoms with van der Waals surface area (Å²) in [6.45, 7) is 9.07. The Kier molecular flexibility index (Phi) is 8.62. The van der Waals surface area contributed by atoms with Crippen LogP contribution in [0.5, 0.6) is 17.4 Å². The van der Waals surface area contributed by atoms with Crippen molar-refractivity contribution in [2.45, 2.75) is 13.3 Å². The molecule has 39 heavy (non-hydrogen) atoms. The minimum atomic E-state index is -0.721. The van der Waals surface area contributed by atoms with E-state index >= 15 is 0 Å². The largest absolute Gasteiger partial charge is 0.495 e. The number of nitrogens with two attached hydrogens (primary N) is 1. The van der Waals surface area contributed by atoms with Crippen LogP contribution in [0.1, 0.15) is 23.1 Å². The number of carbonyl (C=O) groups is 2. The fourth-order valence-electron chi connectivity index (χ4n) is 4.17. The van der Waals surface area contributed by atoms with E-state index in [1.54, 1.807) is 31.4 Å². The Labute approximate surface area is 227 Å². The number of likely N-dealkylation sites (N-methyl/N-ethyl adjacent to an activating group) is 1. The van der Waals surface area contributed by atoms with Gasteiger partial charge in [0.05, 0.1) is 12.8 Å². The molecule has 1 aromatic heterocycles. The van der Waals surface area contributed by atoms with Gasteiger partial charge in [-0.1, -0.05) is 19.6 Å². The van der Waals surface area contributed by atoms with Crippen LogP contribution in [0.2, 0.25) is 0 Å². The summed E-state index contributed by atoms with van der Waals surface area (Å²) in [5.74, 6) is 0.419. The van der Waals surface area contributed by atoms with Gasteiger partial charge in [0.15, 0.2) is 11.5 Å². The average Bonchev–Trinajstić information content (AvgIpc) is 2.93. The summed E-state index contributed by atoms with van der Waals surface area (Å²) in [5.41, 5.74) is 8.27. The summed E-state index contributed by atoms with van der Waals surface area (Å²) in [7, 11) is 3.74. The number of aromatic nitrogens is 2. The van der Waals surface area contributed by atoms with E-state index in [1.807, 2.05) is 25.1 Å². The molecule has 0 radical (unpaired) electrons. The lowest BCUT2D eigenvalue weighted by Crippen LogP contribution is -2.44. The third-order valence-electron chi connectivity index (χ3n) is 6.29. The Hall–Kier alpha value is -4.64. The van der Waals surface area contributed by atoms with Gasteiger partial charge in [-0.15, -0.1) is 0 Å². The van der Waals surface area contributed by atoms with Crippen LogP contribution in [0.4, 0.5) is 22.9 Å². The first-order valence-corrected chi connectivity index (χ1v) is 12.6. The number of primary amides is 1. The van der Waals surface area contributed by atoms with E-state index in [9.17, 15) is 9.59 Å². The van der Waals surface area contributed by atoms with E-state index in [-0.39, 0.29) is 23.3 Å². The zero-order valence-corrected chi connectivity index (χ0v) is 22.4. The van der Waals surface area contributed by atoms with Crippen LogP contribution in [0.3, 0.4) is 0 Å². The summed E-state index contributed by atoms with van der Waals surface area (Å²) < 4.78 is 11.7. The van der Waals surface area contributed by atoms with E-state index in [1.165, 1.54) is 6.08 Å². The van der Waals surface area contributed by atoms with Crippen LogP contribution in [0, 0.1) is 0 Å². The smallest absolute Gasteiger partial charge is 0.271 e. The van der Waals surface area contributed by atoms with Gasteiger partial charge in [-0.2, -0.15) is 4.98 Å². The van der Waals surface area contributed by atoms with Crippen molar-refractivity contribution in [1.29, 1.82) is 0 Å². The lowest BCUT2D eigenvalue weighted by molar-refractivity contribution is -0.111. The van der Waals surface area contributed by atoms with Crippen molar-refractivity contribution >= 4 is 34.7 Å². The summed E-state index contributed by atoms with van der Waals surface area (Å²) in [6.07, 6.45) is 1.63. The molecule has 0 unspecified atom stereocenters. The standard InChI is InChI=1S/C28H33N7O4/c1-5-21-28(39-20-9-7-8-18(16-20)30-24(36)6-2)33-27(25(32-21)26(29)37)31-19-10-11-22(23(17-19)38-4)35-14-12-34(3)13-15-35/h6-11,16-17H,2,5,12-15H2,1,3-4H3,(H2,29,37)(H,30,36)(H,31,33). The van der Waals surface area contributed by atoms with Crippen molar-refractivity contribution < 1.29 is 19.1 Å². The molecule has 1 aliphatic rings. The second kappa shape index (κ2) is 12.3. The average molecular weight is 532 g/mol. The van der Waals surface area contributed by atoms with Gasteiger partial charge in [0, 0.05) is 49.7 Å². The molecule has 4 N–H and O–H groups in total. The number of aryl methyl sites for hydroxylation is 1. The number of benzene rings is 2. The molecule has 1 aliphatic heterocycles. The third kappa shape index (κ3) is 6.63. The first kappa shape index (κ1) is 27.4. The number of anilines is 4. The van der Waals surface area contributed by atoms with Gasteiger partial charge in [-0.05, 0) is 43.8 Å². The summed E-state index contributed by atoms with van der Waals surface area (Å²) in [5, 5.41) is 5.85. The van der Waals surface area contributed by atoms with Crippen molar-refractivity contribution in [3.8, 4) is 17.4 Å². The Bertz CT molecular complexity index is 1370. The second-order valence-electron chi connectivity index (χ2n) is 9.02. The quantitative estimate of drug-likeness (QED) is 0.336. The molecular formula is C28H33N7O4. The highest BCUT2D eigenvalue weighted by molar-refractivity contribution is 5.99. The lowest BCUT2D eigenvalue weighted by atomic mass is 10.2. The molecule has 0 bridgehead atoms. The maximum Gasteiger partial charge on any atom is 0.271 e. The Balaban J connectivity index is 1.64. The molecule has 1 saturated heterocycles. The van der Waals surface area contributed by atoms with Crippen LogP contribution in [-0.4, -0.2) is 67.0 Å². The van der Waals surface area contributed by atoms with Crippen LogP contribution in [-0.2, 0) is 11.2 Å². The highest BCUT2D eigenvalue weighted by atomic mass is 16.5. The number of hydrogen-bond acceptors (Lipinski definition) is 9. The molecule has 4 rings (SSSR count). The van der Waals surface area contributed by atoms with E-state index in [4.69, 9.17) is 15.2 Å². The second-order valence-corrected chi connectivity index (χ2v) is 9.02. The molecule has 2 heterocycles. The van der Waals surface area contributed by atoms with Crippen molar-refractivity contribution in [1.82, 2.24) is 14.9 Å². The van der Waals surface area contributed by atoms with Crippen molar-refractivity contribution in [3.63, 3.8) is 0 Å². The summed E-state index contributed by atoms with van der Waals surface area (Å²) in [6, 6.07) is 12.6. The zero-order valence-electron chi connectivity index (χ0n) is 22.4. The van der Waals surface area contributed by atoms with Gasteiger partial charge in [0.25, 0.3) is 5.91 Å². The summed E-state index contributed by atoms with van der Waals surface area (Å²) >= 11 is 0. The number of hydrogen-bond donors (Lipinski definition) is 3. The molecule has 3 aromatic rings. The number of carbonyl (C=O) groups excluding carboxylic acids is 2. The molecule has 0 spiro atoms. The number of ether oxygens (including phenoxy) is 2. The van der Waals surface area contributed by atoms with Crippen LogP contribution in [0.25, 0.3) is 0 Å². The molecule has 0 aliphatic carbocycles. The van der Waals surface area contributed by atoms with Gasteiger partial charge in [-0.25, -0.2) is 4.98 Å². The minimum Gasteiger partial charge on any atom is -0.495 e.